The molecule has 0 saturated heterocycles. The van der Waals surface area contributed by atoms with Crippen LogP contribution >= 0.6 is 15.9 Å². The Kier molecular flexibility index (Phi) is 8.24. The van der Waals surface area contributed by atoms with Gasteiger partial charge in [-0.2, -0.15) is 0 Å². The van der Waals surface area contributed by atoms with E-state index in [2.05, 4.69) is 26.0 Å². The molecular formula is C27H23BrN2O5S. The smallest absolute Gasteiger partial charge is 0.262 e. The van der Waals surface area contributed by atoms with Crippen LogP contribution in [0.5, 0.6) is 11.5 Å². The molecule has 0 bridgehead atoms. The van der Waals surface area contributed by atoms with E-state index in [1.54, 1.807) is 48.5 Å². The minimum Gasteiger partial charge on any atom is -0.489 e. The quantitative estimate of drug-likeness (QED) is 0.251. The summed E-state index contributed by atoms with van der Waals surface area (Å²) in [5, 5.41) is 2.75. The number of ether oxygens (including phenoxy) is 2. The van der Waals surface area contributed by atoms with Crippen molar-refractivity contribution in [2.75, 3.05) is 16.6 Å². The van der Waals surface area contributed by atoms with Crippen LogP contribution < -0.4 is 19.5 Å². The van der Waals surface area contributed by atoms with Crippen molar-refractivity contribution in [3.05, 3.63) is 113 Å². The largest absolute Gasteiger partial charge is 0.489 e. The average molecular weight is 567 g/mol. The van der Waals surface area contributed by atoms with E-state index in [0.717, 1.165) is 10.0 Å². The lowest BCUT2D eigenvalue weighted by molar-refractivity contribution is -0.118. The Morgan fingerprint density at radius 2 is 1.31 bits per heavy atom. The van der Waals surface area contributed by atoms with Crippen LogP contribution in [0, 0.1) is 0 Å². The van der Waals surface area contributed by atoms with Gasteiger partial charge in [0, 0.05) is 15.8 Å². The Morgan fingerprint density at radius 3 is 1.97 bits per heavy atom. The molecule has 36 heavy (non-hydrogen) atoms. The van der Waals surface area contributed by atoms with Crippen molar-refractivity contribution in [1.82, 2.24) is 0 Å². The van der Waals surface area contributed by atoms with Gasteiger partial charge in [0.15, 0.2) is 6.61 Å². The number of hydrogen-bond donors (Lipinski definition) is 2. The van der Waals surface area contributed by atoms with Gasteiger partial charge in [-0.05, 0) is 78.4 Å². The first-order valence-corrected chi connectivity index (χ1v) is 13.2. The summed E-state index contributed by atoms with van der Waals surface area (Å²) >= 11 is 3.31. The molecule has 4 aromatic carbocycles. The monoisotopic (exact) mass is 566 g/mol. The number of carbonyl (C=O) groups excluding carboxylic acids is 1. The zero-order chi connectivity index (χ0) is 25.4. The van der Waals surface area contributed by atoms with E-state index in [1.165, 1.54) is 24.3 Å². The fourth-order valence-corrected chi connectivity index (χ4v) is 4.49. The highest BCUT2D eigenvalue weighted by Crippen LogP contribution is 2.21. The second kappa shape index (κ2) is 11.7. The van der Waals surface area contributed by atoms with Crippen molar-refractivity contribution in [1.29, 1.82) is 0 Å². The first kappa shape index (κ1) is 25.3. The lowest BCUT2D eigenvalue weighted by Crippen LogP contribution is -2.20. The van der Waals surface area contributed by atoms with E-state index in [0.29, 0.717) is 29.5 Å². The number of nitrogens with one attached hydrogen (secondary N) is 2. The number of halogens is 1. The Hall–Kier alpha value is -3.82. The van der Waals surface area contributed by atoms with Crippen LogP contribution in [0.1, 0.15) is 5.56 Å². The molecule has 4 aromatic rings. The molecule has 0 unspecified atom stereocenters. The van der Waals surface area contributed by atoms with Crippen LogP contribution in [0.4, 0.5) is 11.4 Å². The summed E-state index contributed by atoms with van der Waals surface area (Å²) in [4.78, 5) is 12.3. The van der Waals surface area contributed by atoms with Gasteiger partial charge in [-0.1, -0.05) is 46.3 Å². The highest BCUT2D eigenvalue weighted by atomic mass is 79.9. The summed E-state index contributed by atoms with van der Waals surface area (Å²) in [5.41, 5.74) is 2.13. The molecule has 0 heterocycles. The molecule has 0 saturated carbocycles. The fraction of sp³-hybridized carbons (Fsp3) is 0.0741. The Morgan fingerprint density at radius 1 is 0.722 bits per heavy atom. The summed E-state index contributed by atoms with van der Waals surface area (Å²) in [6.45, 7) is 0.232. The molecule has 0 aliphatic rings. The molecule has 184 valence electrons. The number of amides is 1. The van der Waals surface area contributed by atoms with Gasteiger partial charge in [0.1, 0.15) is 18.1 Å². The normalized spacial score (nSPS) is 10.9. The minimum atomic E-state index is -3.75. The average Bonchev–Trinajstić information content (AvgIpc) is 2.89. The van der Waals surface area contributed by atoms with Crippen LogP contribution in [-0.4, -0.2) is 20.9 Å². The van der Waals surface area contributed by atoms with Crippen molar-refractivity contribution in [2.24, 2.45) is 0 Å². The summed E-state index contributed by atoms with van der Waals surface area (Å²) in [6.07, 6.45) is 0. The Bertz CT molecular complexity index is 1390. The third-order valence-corrected chi connectivity index (χ3v) is 6.91. The first-order chi connectivity index (χ1) is 17.4. The van der Waals surface area contributed by atoms with Crippen molar-refractivity contribution in [3.8, 4) is 11.5 Å². The van der Waals surface area contributed by atoms with Gasteiger partial charge < -0.3 is 14.8 Å². The van der Waals surface area contributed by atoms with Gasteiger partial charge in [-0.3, -0.25) is 9.52 Å². The van der Waals surface area contributed by atoms with Crippen LogP contribution in [-0.2, 0) is 21.4 Å². The standard InChI is InChI=1S/C27H23BrN2O5S/c28-21-6-8-23(9-7-21)30-36(32,33)26-16-14-25(15-17-26)35-19-27(31)29-22-10-12-24(13-11-22)34-18-20-4-2-1-3-5-20/h1-17,30H,18-19H2,(H,29,31). The molecule has 0 fully saturated rings. The van der Waals surface area contributed by atoms with Gasteiger partial charge in [0.2, 0.25) is 0 Å². The van der Waals surface area contributed by atoms with E-state index >= 15 is 0 Å². The number of anilines is 2. The molecule has 9 heteroatoms. The molecule has 2 N–H and O–H groups in total. The molecule has 4 rings (SSSR count). The molecular weight excluding hydrogens is 544 g/mol. The highest BCUT2D eigenvalue weighted by molar-refractivity contribution is 9.10. The van der Waals surface area contributed by atoms with Gasteiger partial charge in [0.25, 0.3) is 15.9 Å². The Balaban J connectivity index is 1.25. The second-order valence-corrected chi connectivity index (χ2v) is 10.3. The molecule has 0 aromatic heterocycles. The second-order valence-electron chi connectivity index (χ2n) is 7.72. The molecule has 0 aliphatic heterocycles. The van der Waals surface area contributed by atoms with Gasteiger partial charge in [-0.15, -0.1) is 0 Å². The zero-order valence-corrected chi connectivity index (χ0v) is 21.5. The van der Waals surface area contributed by atoms with E-state index in [9.17, 15) is 13.2 Å². The summed E-state index contributed by atoms with van der Waals surface area (Å²) in [6, 6.07) is 29.5. The topological polar surface area (TPSA) is 93.7 Å². The van der Waals surface area contributed by atoms with Gasteiger partial charge >= 0.3 is 0 Å². The number of benzene rings is 4. The summed E-state index contributed by atoms with van der Waals surface area (Å²) in [5.74, 6) is 0.719. The predicted octanol–water partition coefficient (Wildman–Crippen LogP) is 5.85. The summed E-state index contributed by atoms with van der Waals surface area (Å²) < 4.78 is 39.7. The predicted molar refractivity (Wildman–Crippen MR) is 143 cm³/mol. The third kappa shape index (κ3) is 7.34. The lowest BCUT2D eigenvalue weighted by atomic mass is 10.2. The SMILES string of the molecule is O=C(COc1ccc(S(=O)(=O)Nc2ccc(Br)cc2)cc1)Nc1ccc(OCc2ccccc2)cc1. The van der Waals surface area contributed by atoms with E-state index in [4.69, 9.17) is 9.47 Å². The highest BCUT2D eigenvalue weighted by Gasteiger charge is 2.14. The first-order valence-electron chi connectivity index (χ1n) is 11.0. The maximum absolute atomic E-state index is 12.6. The van der Waals surface area contributed by atoms with Gasteiger partial charge in [-0.25, -0.2) is 8.42 Å². The fourth-order valence-electron chi connectivity index (χ4n) is 3.17. The maximum Gasteiger partial charge on any atom is 0.262 e. The van der Waals surface area contributed by atoms with Crippen LogP contribution in [0.15, 0.2) is 112 Å². The Labute approximate surface area is 218 Å². The zero-order valence-electron chi connectivity index (χ0n) is 19.1. The van der Waals surface area contributed by atoms with Crippen LogP contribution in [0.25, 0.3) is 0 Å². The van der Waals surface area contributed by atoms with Gasteiger partial charge in [0.05, 0.1) is 4.90 Å². The van der Waals surface area contributed by atoms with E-state index < -0.39 is 10.0 Å². The van der Waals surface area contributed by atoms with Crippen molar-refractivity contribution < 1.29 is 22.7 Å². The lowest BCUT2D eigenvalue weighted by Gasteiger charge is -2.11. The number of rotatable bonds is 10. The number of sulfonamides is 1. The van der Waals surface area contributed by atoms with Crippen molar-refractivity contribution in [2.45, 2.75) is 11.5 Å². The van der Waals surface area contributed by atoms with Crippen LogP contribution in [0.2, 0.25) is 0 Å². The van der Waals surface area contributed by atoms with E-state index in [-0.39, 0.29) is 17.4 Å². The minimum absolute atomic E-state index is 0.0804. The molecule has 0 aliphatic carbocycles. The maximum atomic E-state index is 12.6. The van der Waals surface area contributed by atoms with E-state index in [1.807, 2.05) is 30.3 Å². The van der Waals surface area contributed by atoms with Crippen molar-refractivity contribution >= 4 is 43.2 Å². The number of hydrogen-bond acceptors (Lipinski definition) is 5. The molecule has 0 atom stereocenters. The van der Waals surface area contributed by atoms with Crippen LogP contribution in [0.3, 0.4) is 0 Å². The molecule has 1 amide bonds. The number of carbonyl (C=O) groups is 1. The molecule has 7 nitrogen and oxygen atoms in total. The molecule has 0 radical (unpaired) electrons. The summed E-state index contributed by atoms with van der Waals surface area (Å²) in [7, 11) is -3.75. The molecule has 0 spiro atoms. The third-order valence-electron chi connectivity index (χ3n) is 4.99. The van der Waals surface area contributed by atoms with Crippen molar-refractivity contribution in [3.63, 3.8) is 0 Å².